The van der Waals surface area contributed by atoms with Crippen LogP contribution in [0.2, 0.25) is 0 Å². The first-order valence-electron chi connectivity index (χ1n) is 8.43. The van der Waals surface area contributed by atoms with Crippen molar-refractivity contribution in [2.45, 2.75) is 37.1 Å². The van der Waals surface area contributed by atoms with Gasteiger partial charge in [-0.3, -0.25) is 9.59 Å². The molecule has 3 rings (SSSR count). The number of benzene rings is 1. The number of rotatable bonds is 6. The molecule has 1 aromatic carbocycles. The van der Waals surface area contributed by atoms with E-state index in [9.17, 15) is 14.4 Å². The van der Waals surface area contributed by atoms with E-state index in [1.54, 1.807) is 16.7 Å². The number of nitrogens with zero attached hydrogens (tertiary/aromatic N) is 1. The second kappa shape index (κ2) is 7.47. The van der Waals surface area contributed by atoms with Crippen molar-refractivity contribution in [1.29, 1.82) is 0 Å². The van der Waals surface area contributed by atoms with Crippen molar-refractivity contribution in [2.24, 2.45) is 0 Å². The first-order chi connectivity index (χ1) is 12.0. The molecule has 2 heterocycles. The first-order valence-corrected chi connectivity index (χ1v) is 9.41. The molecule has 0 aliphatic carbocycles. The number of carbonyl (C=O) groups is 3. The number of hydrogen-bond acceptors (Lipinski definition) is 5. The van der Waals surface area contributed by atoms with Crippen molar-refractivity contribution >= 4 is 29.5 Å². The Morgan fingerprint density at radius 1 is 1.36 bits per heavy atom. The fraction of sp³-hybridized carbons (Fsp3) is 0.500. The maximum absolute atomic E-state index is 12.3. The molecular weight excluding hydrogens is 340 g/mol. The number of nitrogens with one attached hydrogen (secondary N) is 1. The Hall–Kier alpha value is -2.02. The quantitative estimate of drug-likeness (QED) is 0.773. The summed E-state index contributed by atoms with van der Waals surface area (Å²) in [6.07, 6.45) is 1.94. The predicted octanol–water partition coefficient (Wildman–Crippen LogP) is 1.34. The van der Waals surface area contributed by atoms with Gasteiger partial charge in [-0.2, -0.15) is 0 Å². The lowest BCUT2D eigenvalue weighted by molar-refractivity contribution is -0.156. The van der Waals surface area contributed by atoms with E-state index in [0.717, 1.165) is 18.4 Å². The Labute approximate surface area is 151 Å². The topological polar surface area (TPSA) is 75.7 Å². The maximum atomic E-state index is 12.3. The minimum absolute atomic E-state index is 0.0123. The van der Waals surface area contributed by atoms with Crippen molar-refractivity contribution in [1.82, 2.24) is 10.2 Å². The molecule has 1 aromatic rings. The normalized spacial score (nSPS) is 24.9. The molecule has 0 aromatic heterocycles. The van der Waals surface area contributed by atoms with Crippen LogP contribution in [-0.2, 0) is 25.5 Å². The highest BCUT2D eigenvalue weighted by atomic mass is 32.2. The summed E-state index contributed by atoms with van der Waals surface area (Å²) in [4.78, 5) is 37.4. The number of esters is 1. The predicted molar refractivity (Wildman–Crippen MR) is 94.8 cm³/mol. The highest BCUT2D eigenvalue weighted by molar-refractivity contribution is 8.01. The van der Waals surface area contributed by atoms with Gasteiger partial charge in [0.15, 0.2) is 6.61 Å². The fourth-order valence-electron chi connectivity index (χ4n) is 3.27. The Balaban J connectivity index is 1.41. The van der Waals surface area contributed by atoms with E-state index in [2.05, 4.69) is 5.32 Å². The van der Waals surface area contributed by atoms with Crippen LogP contribution in [0.25, 0.3) is 0 Å². The molecule has 2 aliphatic rings. The lowest BCUT2D eigenvalue weighted by atomic mass is 10.1. The van der Waals surface area contributed by atoms with Crippen LogP contribution in [0.4, 0.5) is 0 Å². The second-order valence-electron chi connectivity index (χ2n) is 6.46. The summed E-state index contributed by atoms with van der Waals surface area (Å²) in [5.41, 5.74) is 1.13. The third-order valence-corrected chi connectivity index (χ3v) is 6.15. The summed E-state index contributed by atoms with van der Waals surface area (Å²) in [5, 5.41) is 2.74. The Morgan fingerprint density at radius 2 is 2.12 bits per heavy atom. The fourth-order valence-corrected chi connectivity index (χ4v) is 4.69. The van der Waals surface area contributed by atoms with E-state index in [1.165, 1.54) is 0 Å². The molecule has 0 radical (unpaired) electrons. The summed E-state index contributed by atoms with van der Waals surface area (Å²) in [6.45, 7) is 2.15. The molecule has 0 saturated carbocycles. The third-order valence-electron chi connectivity index (χ3n) is 4.64. The average Bonchev–Trinajstić information content (AvgIpc) is 3.10. The summed E-state index contributed by atoms with van der Waals surface area (Å²) < 4.78 is 5.13. The lowest BCUT2D eigenvalue weighted by Gasteiger charge is -2.29. The second-order valence-corrected chi connectivity index (χ2v) is 7.96. The van der Waals surface area contributed by atoms with E-state index >= 15 is 0 Å². The Kier molecular flexibility index (Phi) is 5.32. The number of thioether (sulfide) groups is 1. The SMILES string of the molecule is C[C@]12CCC(=O)N1[C@H](C(=O)OCC(=O)NCCc1ccccc1)CS2. The van der Waals surface area contributed by atoms with Gasteiger partial charge in [-0.1, -0.05) is 30.3 Å². The van der Waals surface area contributed by atoms with Gasteiger partial charge in [-0.25, -0.2) is 4.79 Å². The van der Waals surface area contributed by atoms with Crippen molar-refractivity contribution in [3.05, 3.63) is 35.9 Å². The van der Waals surface area contributed by atoms with Gasteiger partial charge in [-0.05, 0) is 25.3 Å². The Bertz CT molecular complexity index is 666. The average molecular weight is 362 g/mol. The van der Waals surface area contributed by atoms with Gasteiger partial charge in [0, 0.05) is 18.7 Å². The molecule has 134 valence electrons. The van der Waals surface area contributed by atoms with Crippen LogP contribution in [-0.4, -0.2) is 52.5 Å². The lowest BCUT2D eigenvalue weighted by Crippen LogP contribution is -2.47. The molecule has 6 nitrogen and oxygen atoms in total. The van der Waals surface area contributed by atoms with Crippen molar-refractivity contribution < 1.29 is 19.1 Å². The van der Waals surface area contributed by atoms with Crippen LogP contribution in [0.1, 0.15) is 25.3 Å². The molecule has 0 unspecified atom stereocenters. The number of carbonyl (C=O) groups excluding carboxylic acids is 3. The zero-order valence-corrected chi connectivity index (χ0v) is 15.0. The monoisotopic (exact) mass is 362 g/mol. The standard InChI is InChI=1S/C18H22N2O4S/c1-18-9-7-16(22)20(18)14(12-25-18)17(23)24-11-15(21)19-10-8-13-5-3-2-4-6-13/h2-6,14H,7-12H2,1H3,(H,19,21)/t14-,18-/m0/s1. The summed E-state index contributed by atoms with van der Waals surface area (Å²) >= 11 is 1.60. The molecule has 2 fully saturated rings. The summed E-state index contributed by atoms with van der Waals surface area (Å²) in [6, 6.07) is 9.25. The molecule has 2 aliphatic heterocycles. The zero-order valence-electron chi connectivity index (χ0n) is 14.2. The van der Waals surface area contributed by atoms with Crippen LogP contribution >= 0.6 is 11.8 Å². The zero-order chi connectivity index (χ0) is 17.9. The van der Waals surface area contributed by atoms with Gasteiger partial charge in [0.25, 0.3) is 5.91 Å². The number of fused-ring (bicyclic) bond motifs is 1. The van der Waals surface area contributed by atoms with Gasteiger partial charge in [-0.15, -0.1) is 11.8 Å². The first kappa shape index (κ1) is 17.8. The largest absolute Gasteiger partial charge is 0.454 e. The highest BCUT2D eigenvalue weighted by Gasteiger charge is 2.53. The van der Waals surface area contributed by atoms with Crippen LogP contribution < -0.4 is 5.32 Å². The van der Waals surface area contributed by atoms with Crippen LogP contribution in [0.5, 0.6) is 0 Å². The number of ether oxygens (including phenoxy) is 1. The molecule has 2 saturated heterocycles. The van der Waals surface area contributed by atoms with Crippen molar-refractivity contribution in [3.63, 3.8) is 0 Å². The van der Waals surface area contributed by atoms with E-state index in [0.29, 0.717) is 18.7 Å². The molecule has 2 atom stereocenters. The molecule has 0 spiro atoms. The van der Waals surface area contributed by atoms with Gasteiger partial charge in [0.1, 0.15) is 6.04 Å². The van der Waals surface area contributed by atoms with E-state index in [-0.39, 0.29) is 23.3 Å². The number of hydrogen-bond donors (Lipinski definition) is 1. The summed E-state index contributed by atoms with van der Waals surface area (Å²) in [5.74, 6) is -0.312. The minimum atomic E-state index is -0.581. The molecule has 1 N–H and O–H groups in total. The molecule has 25 heavy (non-hydrogen) atoms. The third kappa shape index (κ3) is 3.98. The van der Waals surface area contributed by atoms with Gasteiger partial charge >= 0.3 is 5.97 Å². The van der Waals surface area contributed by atoms with Gasteiger partial charge in [0.2, 0.25) is 5.91 Å². The number of amides is 2. The van der Waals surface area contributed by atoms with Crippen molar-refractivity contribution in [2.75, 3.05) is 18.9 Å². The molecule has 2 amide bonds. The molecular formula is C18H22N2O4S. The van der Waals surface area contributed by atoms with E-state index < -0.39 is 12.0 Å². The molecule has 0 bridgehead atoms. The van der Waals surface area contributed by atoms with Crippen LogP contribution in [0, 0.1) is 0 Å². The van der Waals surface area contributed by atoms with Crippen LogP contribution in [0.3, 0.4) is 0 Å². The maximum Gasteiger partial charge on any atom is 0.330 e. The van der Waals surface area contributed by atoms with Gasteiger partial charge < -0.3 is 15.0 Å². The highest BCUT2D eigenvalue weighted by Crippen LogP contribution is 2.47. The van der Waals surface area contributed by atoms with Crippen LogP contribution in [0.15, 0.2) is 30.3 Å². The van der Waals surface area contributed by atoms with Crippen molar-refractivity contribution in [3.8, 4) is 0 Å². The molecule has 7 heteroatoms. The van der Waals surface area contributed by atoms with E-state index in [4.69, 9.17) is 4.74 Å². The Morgan fingerprint density at radius 3 is 2.88 bits per heavy atom. The smallest absolute Gasteiger partial charge is 0.330 e. The van der Waals surface area contributed by atoms with Gasteiger partial charge in [0.05, 0.1) is 4.87 Å². The minimum Gasteiger partial charge on any atom is -0.454 e. The summed E-state index contributed by atoms with van der Waals surface area (Å²) in [7, 11) is 0. The van der Waals surface area contributed by atoms with E-state index in [1.807, 2.05) is 37.3 Å².